The van der Waals surface area contributed by atoms with Gasteiger partial charge in [0.05, 0.1) is 21.2 Å². The Labute approximate surface area is 167 Å². The van der Waals surface area contributed by atoms with Crippen molar-refractivity contribution in [1.29, 1.82) is 0 Å². The van der Waals surface area contributed by atoms with E-state index in [2.05, 4.69) is 10.3 Å². The largest absolute Gasteiger partial charge is 0.397 e. The Kier molecular flexibility index (Phi) is 4.76. The summed E-state index contributed by atoms with van der Waals surface area (Å²) < 4.78 is 0. The lowest BCUT2D eigenvalue weighted by Gasteiger charge is -2.04. The van der Waals surface area contributed by atoms with Gasteiger partial charge in [-0.05, 0) is 29.1 Å². The van der Waals surface area contributed by atoms with Crippen LogP contribution in [-0.2, 0) is 6.54 Å². The first-order valence-corrected chi connectivity index (χ1v) is 9.97. The van der Waals surface area contributed by atoms with Crippen molar-refractivity contribution < 1.29 is 9.72 Å². The van der Waals surface area contributed by atoms with E-state index < -0.39 is 4.92 Å². The normalized spacial score (nSPS) is 10.9. The number of fused-ring (bicyclic) bond motifs is 1. The number of nitrogens with zero attached hydrogens (tertiary/aromatic N) is 2. The van der Waals surface area contributed by atoms with Crippen molar-refractivity contribution in [1.82, 2.24) is 10.3 Å². The summed E-state index contributed by atoms with van der Waals surface area (Å²) in [7, 11) is 0. The number of carbonyl (C=O) groups excluding carboxylic acids is 1. The summed E-state index contributed by atoms with van der Waals surface area (Å²) in [4.78, 5) is 29.6. The Hall–Kier alpha value is -3.30. The molecule has 0 saturated carbocycles. The van der Waals surface area contributed by atoms with Crippen molar-refractivity contribution in [2.24, 2.45) is 0 Å². The zero-order valence-electron chi connectivity index (χ0n) is 14.4. The number of nitrogens with one attached hydrogen (secondary N) is 1. The van der Waals surface area contributed by atoms with Crippen molar-refractivity contribution in [3.63, 3.8) is 0 Å². The molecule has 4 aromatic rings. The van der Waals surface area contributed by atoms with Gasteiger partial charge in [-0.2, -0.15) is 0 Å². The Balaban J connectivity index is 1.53. The average molecular weight is 410 g/mol. The molecule has 0 atom stereocenters. The first-order chi connectivity index (χ1) is 13.5. The first-order valence-electron chi connectivity index (χ1n) is 8.27. The molecule has 1 aromatic carbocycles. The zero-order valence-corrected chi connectivity index (χ0v) is 16.0. The molecule has 140 valence electrons. The number of benzene rings is 1. The van der Waals surface area contributed by atoms with Gasteiger partial charge < -0.3 is 11.1 Å². The van der Waals surface area contributed by atoms with Gasteiger partial charge in [0, 0.05) is 24.1 Å². The number of carbonyl (C=O) groups is 1. The Morgan fingerprint density at radius 3 is 2.64 bits per heavy atom. The lowest BCUT2D eigenvalue weighted by Crippen LogP contribution is -2.22. The Morgan fingerprint density at radius 1 is 1.18 bits per heavy atom. The molecule has 3 heterocycles. The molecule has 28 heavy (non-hydrogen) atoms. The minimum Gasteiger partial charge on any atom is -0.397 e. The summed E-state index contributed by atoms with van der Waals surface area (Å²) in [5.41, 5.74) is 8.20. The molecule has 0 fully saturated rings. The molecule has 1 amide bonds. The number of thiophene rings is 2. The molecule has 3 N–H and O–H groups in total. The van der Waals surface area contributed by atoms with Gasteiger partial charge in [0.15, 0.2) is 0 Å². The van der Waals surface area contributed by atoms with Crippen molar-refractivity contribution in [2.75, 3.05) is 5.73 Å². The van der Waals surface area contributed by atoms with Crippen LogP contribution < -0.4 is 11.1 Å². The summed E-state index contributed by atoms with van der Waals surface area (Å²) in [6.45, 7) is 0.248. The van der Waals surface area contributed by atoms with Crippen LogP contribution in [0.1, 0.15) is 15.2 Å². The van der Waals surface area contributed by atoms with Crippen LogP contribution in [-0.4, -0.2) is 15.8 Å². The first kappa shape index (κ1) is 18.1. The molecule has 0 bridgehead atoms. The number of nitrogen functional groups attached to an aromatic ring is 1. The van der Waals surface area contributed by atoms with Gasteiger partial charge in [0.1, 0.15) is 9.71 Å². The predicted octanol–water partition coefficient (Wildman–Crippen LogP) is 4.45. The fourth-order valence-electron chi connectivity index (χ4n) is 2.73. The summed E-state index contributed by atoms with van der Waals surface area (Å²) in [6.07, 6.45) is 0. The molecule has 0 aliphatic heterocycles. The highest BCUT2D eigenvalue weighted by Gasteiger charge is 2.18. The van der Waals surface area contributed by atoms with Gasteiger partial charge in [0.25, 0.3) is 11.6 Å². The van der Waals surface area contributed by atoms with Gasteiger partial charge in [-0.25, -0.2) is 4.98 Å². The maximum absolute atomic E-state index is 12.6. The molecule has 0 aliphatic carbocycles. The maximum atomic E-state index is 12.6. The standard InChI is InChI=1S/C19H14N4O3S2/c20-16-13-7-8-14(15-2-1-9-27-15)22-19(13)28-17(16)18(24)21-10-11-3-5-12(6-4-11)23(25)26/h1-9H,10,20H2,(H,21,24). The molecular formula is C19H14N4O3S2. The van der Waals surface area contributed by atoms with Crippen LogP contribution >= 0.6 is 22.7 Å². The lowest BCUT2D eigenvalue weighted by atomic mass is 10.2. The van der Waals surface area contributed by atoms with E-state index in [1.807, 2.05) is 29.6 Å². The number of nitrogens with two attached hydrogens (primary N) is 1. The van der Waals surface area contributed by atoms with E-state index in [1.54, 1.807) is 23.5 Å². The maximum Gasteiger partial charge on any atom is 0.269 e. The third kappa shape index (κ3) is 3.45. The van der Waals surface area contributed by atoms with Gasteiger partial charge in [0.2, 0.25) is 0 Å². The molecule has 0 unspecified atom stereocenters. The minimum atomic E-state index is -0.461. The molecular weight excluding hydrogens is 396 g/mol. The molecule has 3 aromatic heterocycles. The molecule has 4 rings (SSSR count). The number of hydrogen-bond donors (Lipinski definition) is 2. The van der Waals surface area contributed by atoms with Gasteiger partial charge >= 0.3 is 0 Å². The third-order valence-electron chi connectivity index (χ3n) is 4.17. The highest BCUT2D eigenvalue weighted by Crippen LogP contribution is 2.35. The smallest absolute Gasteiger partial charge is 0.269 e. The van der Waals surface area contributed by atoms with E-state index in [9.17, 15) is 14.9 Å². The molecule has 7 nitrogen and oxygen atoms in total. The highest BCUT2D eigenvalue weighted by atomic mass is 32.1. The fourth-order valence-corrected chi connectivity index (χ4v) is 4.43. The van der Waals surface area contributed by atoms with Crippen molar-refractivity contribution >= 4 is 50.2 Å². The van der Waals surface area contributed by atoms with Crippen LogP contribution in [0.3, 0.4) is 0 Å². The topological polar surface area (TPSA) is 111 Å². The van der Waals surface area contributed by atoms with Gasteiger partial charge in [-0.3, -0.25) is 14.9 Å². The number of nitro groups is 1. The van der Waals surface area contributed by atoms with Crippen molar-refractivity contribution in [3.8, 4) is 10.6 Å². The monoisotopic (exact) mass is 410 g/mol. The molecule has 9 heteroatoms. The fraction of sp³-hybridized carbons (Fsp3) is 0.0526. The lowest BCUT2D eigenvalue weighted by molar-refractivity contribution is -0.384. The average Bonchev–Trinajstić information content (AvgIpc) is 3.35. The van der Waals surface area contributed by atoms with Crippen LogP contribution in [0, 0.1) is 10.1 Å². The van der Waals surface area contributed by atoms with Crippen molar-refractivity contribution in [3.05, 3.63) is 74.5 Å². The van der Waals surface area contributed by atoms with Gasteiger partial charge in [-0.15, -0.1) is 22.7 Å². The Morgan fingerprint density at radius 2 is 1.96 bits per heavy atom. The predicted molar refractivity (Wildman–Crippen MR) is 112 cm³/mol. The van der Waals surface area contributed by atoms with Crippen molar-refractivity contribution in [2.45, 2.75) is 6.54 Å². The zero-order chi connectivity index (χ0) is 19.7. The number of non-ortho nitro benzene ring substituents is 1. The molecule has 0 spiro atoms. The van der Waals surface area contributed by atoms with E-state index in [0.717, 1.165) is 21.5 Å². The van der Waals surface area contributed by atoms with Crippen LogP contribution in [0.25, 0.3) is 20.8 Å². The summed E-state index contributed by atoms with van der Waals surface area (Å²) in [6, 6.07) is 13.8. The second-order valence-corrected chi connectivity index (χ2v) is 7.92. The summed E-state index contributed by atoms with van der Waals surface area (Å²) in [5.74, 6) is -0.295. The Bertz CT molecular complexity index is 1170. The SMILES string of the molecule is Nc1c(C(=O)NCc2ccc([N+](=O)[O-])cc2)sc2nc(-c3cccs3)ccc12. The van der Waals surface area contributed by atoms with Crippen LogP contribution in [0.4, 0.5) is 11.4 Å². The molecule has 0 aliphatic rings. The summed E-state index contributed by atoms with van der Waals surface area (Å²) in [5, 5.41) is 16.2. The van der Waals surface area contributed by atoms with Crippen LogP contribution in [0.5, 0.6) is 0 Å². The second kappa shape index (κ2) is 7.37. The number of amides is 1. The second-order valence-electron chi connectivity index (χ2n) is 5.98. The molecule has 0 saturated heterocycles. The number of pyridine rings is 1. The summed E-state index contributed by atoms with van der Waals surface area (Å²) >= 11 is 2.85. The minimum absolute atomic E-state index is 0.0106. The third-order valence-corrected chi connectivity index (χ3v) is 6.18. The number of rotatable bonds is 5. The quantitative estimate of drug-likeness (QED) is 0.373. The van der Waals surface area contributed by atoms with Crippen LogP contribution in [0.15, 0.2) is 53.9 Å². The van der Waals surface area contributed by atoms with E-state index in [1.165, 1.54) is 23.5 Å². The number of aromatic nitrogens is 1. The number of hydrogen-bond acceptors (Lipinski definition) is 7. The van der Waals surface area contributed by atoms with E-state index in [0.29, 0.717) is 15.4 Å². The van der Waals surface area contributed by atoms with Gasteiger partial charge in [-0.1, -0.05) is 18.2 Å². The van der Waals surface area contributed by atoms with E-state index in [4.69, 9.17) is 5.73 Å². The van der Waals surface area contributed by atoms with Crippen LogP contribution in [0.2, 0.25) is 0 Å². The van der Waals surface area contributed by atoms with E-state index >= 15 is 0 Å². The van der Waals surface area contributed by atoms with E-state index in [-0.39, 0.29) is 18.1 Å². The highest BCUT2D eigenvalue weighted by molar-refractivity contribution is 7.21. The number of anilines is 1. The number of nitro benzene ring substituents is 1. The molecule has 0 radical (unpaired) electrons.